The summed E-state index contributed by atoms with van der Waals surface area (Å²) in [6.07, 6.45) is 4.04. The van der Waals surface area contributed by atoms with Gasteiger partial charge in [0.2, 0.25) is 11.8 Å². The van der Waals surface area contributed by atoms with E-state index in [-0.39, 0.29) is 35.5 Å². The zero-order valence-corrected chi connectivity index (χ0v) is 29.3. The van der Waals surface area contributed by atoms with Crippen molar-refractivity contribution in [1.29, 1.82) is 0 Å². The summed E-state index contributed by atoms with van der Waals surface area (Å²) in [6.45, 7) is 1.78. The van der Waals surface area contributed by atoms with Crippen molar-refractivity contribution in [2.24, 2.45) is 0 Å². The lowest BCUT2D eigenvalue weighted by molar-refractivity contribution is -0.140. The minimum absolute atomic E-state index is 0.0187. The van der Waals surface area contributed by atoms with Crippen molar-refractivity contribution < 1.29 is 27.5 Å². The number of halogens is 1. The molecule has 49 heavy (non-hydrogen) atoms. The first-order valence-corrected chi connectivity index (χ1v) is 18.3. The van der Waals surface area contributed by atoms with E-state index in [0.717, 1.165) is 41.1 Å². The van der Waals surface area contributed by atoms with Crippen molar-refractivity contribution in [3.63, 3.8) is 0 Å². The molecule has 1 saturated carbocycles. The number of hydrogen-bond acceptors (Lipinski definition) is 6. The molecule has 2 amide bonds. The molecule has 1 atom stereocenters. The molecule has 0 saturated heterocycles. The number of benzene rings is 4. The van der Waals surface area contributed by atoms with Crippen molar-refractivity contribution in [3.05, 3.63) is 119 Å². The van der Waals surface area contributed by atoms with Crippen molar-refractivity contribution in [3.8, 4) is 11.5 Å². The Balaban J connectivity index is 1.57. The molecular formula is C38H42ClN3O6S. The third-order valence-corrected chi connectivity index (χ3v) is 10.6. The van der Waals surface area contributed by atoms with Crippen LogP contribution in [0.5, 0.6) is 11.5 Å². The SMILES string of the molecule is CCOc1ccc(N(CC(=O)N(Cc2cccc(OC)c2)[C@@H](Cc2ccccc2)C(=O)NC2CCCC2)S(=O)(=O)c2ccc(Cl)cc2)cc1. The van der Waals surface area contributed by atoms with Gasteiger partial charge < -0.3 is 19.7 Å². The zero-order chi connectivity index (χ0) is 34.8. The van der Waals surface area contributed by atoms with Gasteiger partial charge in [0.15, 0.2) is 0 Å². The van der Waals surface area contributed by atoms with Crippen LogP contribution >= 0.6 is 11.6 Å². The summed E-state index contributed by atoms with van der Waals surface area (Å²) in [4.78, 5) is 30.4. The van der Waals surface area contributed by atoms with E-state index < -0.39 is 28.5 Å². The average molecular weight is 704 g/mol. The van der Waals surface area contributed by atoms with Crippen LogP contribution in [0.1, 0.15) is 43.7 Å². The van der Waals surface area contributed by atoms with Crippen molar-refractivity contribution in [2.75, 3.05) is 24.6 Å². The minimum atomic E-state index is -4.27. The molecule has 9 nitrogen and oxygen atoms in total. The number of sulfonamides is 1. The number of carbonyl (C=O) groups excluding carboxylic acids is 2. The zero-order valence-electron chi connectivity index (χ0n) is 27.8. The van der Waals surface area contributed by atoms with E-state index in [1.807, 2.05) is 55.5 Å². The molecule has 0 radical (unpaired) electrons. The van der Waals surface area contributed by atoms with E-state index in [4.69, 9.17) is 21.1 Å². The highest BCUT2D eigenvalue weighted by Gasteiger charge is 2.35. The van der Waals surface area contributed by atoms with Crippen LogP contribution in [-0.2, 0) is 32.6 Å². The number of nitrogens with one attached hydrogen (secondary N) is 1. The van der Waals surface area contributed by atoms with Gasteiger partial charge in [-0.05, 0) is 91.6 Å². The summed E-state index contributed by atoms with van der Waals surface area (Å²) >= 11 is 6.09. The maximum absolute atomic E-state index is 14.7. The third-order valence-electron chi connectivity index (χ3n) is 8.58. The Hall–Kier alpha value is -4.54. The number of nitrogens with zero attached hydrogens (tertiary/aromatic N) is 2. The van der Waals surface area contributed by atoms with Gasteiger partial charge in [-0.1, -0.05) is 66.9 Å². The number of anilines is 1. The molecule has 11 heteroatoms. The van der Waals surface area contributed by atoms with Crippen LogP contribution in [-0.4, -0.2) is 57.5 Å². The Morgan fingerprint density at radius 3 is 2.20 bits per heavy atom. The standard InChI is InChI=1S/C38H42ClN3O6S/c1-3-48-33-20-18-32(19-21-33)42(49(45,46)35-22-16-30(39)17-23-35)27-37(43)41(26-29-12-9-15-34(24-29)47-2)36(25-28-10-5-4-6-11-28)38(44)40-31-13-7-8-14-31/h4-6,9-12,15-24,31,36H,3,7-8,13-14,25-27H2,1-2H3,(H,40,44)/t36-/m0/s1. The highest BCUT2D eigenvalue weighted by atomic mass is 35.5. The van der Waals surface area contributed by atoms with Gasteiger partial charge in [0, 0.05) is 24.0 Å². The molecule has 0 aliphatic heterocycles. The maximum Gasteiger partial charge on any atom is 0.264 e. The van der Waals surface area contributed by atoms with E-state index in [1.165, 1.54) is 29.2 Å². The van der Waals surface area contributed by atoms with Crippen LogP contribution in [0, 0.1) is 0 Å². The van der Waals surface area contributed by atoms with Gasteiger partial charge >= 0.3 is 0 Å². The largest absolute Gasteiger partial charge is 0.497 e. The van der Waals surface area contributed by atoms with Crippen LogP contribution in [0.4, 0.5) is 5.69 Å². The fourth-order valence-electron chi connectivity index (χ4n) is 6.03. The van der Waals surface area contributed by atoms with Gasteiger partial charge in [-0.2, -0.15) is 0 Å². The van der Waals surface area contributed by atoms with Crippen molar-refractivity contribution in [1.82, 2.24) is 10.2 Å². The number of ether oxygens (including phenoxy) is 2. The lowest BCUT2D eigenvalue weighted by Crippen LogP contribution is -2.54. The van der Waals surface area contributed by atoms with Crippen molar-refractivity contribution >= 4 is 39.1 Å². The first-order valence-electron chi connectivity index (χ1n) is 16.5. The topological polar surface area (TPSA) is 105 Å². The predicted octanol–water partition coefficient (Wildman–Crippen LogP) is 6.64. The highest BCUT2D eigenvalue weighted by molar-refractivity contribution is 7.92. The molecule has 1 N–H and O–H groups in total. The van der Waals surface area contributed by atoms with Gasteiger partial charge in [0.1, 0.15) is 24.1 Å². The summed E-state index contributed by atoms with van der Waals surface area (Å²) in [6, 6.07) is 28.2. The molecule has 0 unspecified atom stereocenters. The molecule has 1 fully saturated rings. The lowest BCUT2D eigenvalue weighted by Gasteiger charge is -2.34. The molecule has 0 heterocycles. The first-order chi connectivity index (χ1) is 23.7. The molecule has 1 aliphatic rings. The van der Waals surface area contributed by atoms with Gasteiger partial charge in [-0.3, -0.25) is 13.9 Å². The predicted molar refractivity (Wildman–Crippen MR) is 191 cm³/mol. The molecular weight excluding hydrogens is 662 g/mol. The van der Waals surface area contributed by atoms with Crippen LogP contribution in [0.3, 0.4) is 0 Å². The normalized spacial score (nSPS) is 13.8. The molecule has 4 aromatic rings. The van der Waals surface area contributed by atoms with Crippen molar-refractivity contribution in [2.45, 2.75) is 62.6 Å². The second-order valence-electron chi connectivity index (χ2n) is 12.0. The van der Waals surface area contributed by atoms with Gasteiger partial charge in [-0.25, -0.2) is 8.42 Å². The number of carbonyl (C=O) groups is 2. The molecule has 258 valence electrons. The second kappa shape index (κ2) is 16.7. The Morgan fingerprint density at radius 2 is 1.55 bits per heavy atom. The Kier molecular flexibility index (Phi) is 12.2. The van der Waals surface area contributed by atoms with E-state index in [9.17, 15) is 18.0 Å². The lowest BCUT2D eigenvalue weighted by atomic mass is 10.0. The van der Waals surface area contributed by atoms with E-state index >= 15 is 0 Å². The average Bonchev–Trinajstić information content (AvgIpc) is 3.63. The van der Waals surface area contributed by atoms with Crippen LogP contribution in [0.25, 0.3) is 0 Å². The second-order valence-corrected chi connectivity index (χ2v) is 14.3. The summed E-state index contributed by atoms with van der Waals surface area (Å²) in [7, 11) is -2.70. The Bertz CT molecular complexity index is 1800. The van der Waals surface area contributed by atoms with Gasteiger partial charge in [0.05, 0.1) is 24.3 Å². The molecule has 1 aliphatic carbocycles. The van der Waals surface area contributed by atoms with E-state index in [1.54, 1.807) is 37.4 Å². The number of hydrogen-bond donors (Lipinski definition) is 1. The van der Waals surface area contributed by atoms with E-state index in [0.29, 0.717) is 23.1 Å². The monoisotopic (exact) mass is 703 g/mol. The van der Waals surface area contributed by atoms with Crippen LogP contribution in [0.2, 0.25) is 5.02 Å². The summed E-state index contributed by atoms with van der Waals surface area (Å²) in [5, 5.41) is 3.57. The van der Waals surface area contributed by atoms with Crippen LogP contribution < -0.4 is 19.1 Å². The maximum atomic E-state index is 14.7. The van der Waals surface area contributed by atoms with Gasteiger partial charge in [0.25, 0.3) is 10.0 Å². The summed E-state index contributed by atoms with van der Waals surface area (Å²) in [5.74, 6) is 0.339. The Labute approximate surface area is 293 Å². The van der Waals surface area contributed by atoms with Crippen LogP contribution in [0.15, 0.2) is 108 Å². The molecule has 5 rings (SSSR count). The smallest absolute Gasteiger partial charge is 0.264 e. The fraction of sp³-hybridized carbons (Fsp3) is 0.316. The fourth-order valence-corrected chi connectivity index (χ4v) is 7.57. The third kappa shape index (κ3) is 9.33. The molecule has 4 aromatic carbocycles. The molecule has 0 aromatic heterocycles. The number of rotatable bonds is 15. The highest BCUT2D eigenvalue weighted by Crippen LogP contribution is 2.28. The van der Waals surface area contributed by atoms with Gasteiger partial charge in [-0.15, -0.1) is 0 Å². The minimum Gasteiger partial charge on any atom is -0.497 e. The first kappa shape index (κ1) is 35.8. The summed E-state index contributed by atoms with van der Waals surface area (Å²) in [5.41, 5.74) is 1.87. The van der Waals surface area contributed by atoms with E-state index in [2.05, 4.69) is 5.32 Å². The number of methoxy groups -OCH3 is 1. The molecule has 0 bridgehead atoms. The summed E-state index contributed by atoms with van der Waals surface area (Å²) < 4.78 is 40.6. The Morgan fingerprint density at radius 1 is 0.878 bits per heavy atom. The quantitative estimate of drug-likeness (QED) is 0.149. The molecule has 0 spiro atoms. The number of amides is 2.